The number of thiophene rings is 1. The van der Waals surface area contributed by atoms with Crippen molar-refractivity contribution in [3.63, 3.8) is 0 Å². The van der Waals surface area contributed by atoms with Crippen molar-refractivity contribution in [3.05, 3.63) is 346 Å². The molecule has 0 saturated heterocycles. The molecule has 0 spiro atoms. The summed E-state index contributed by atoms with van der Waals surface area (Å²) in [6.07, 6.45) is 3.64. The minimum atomic E-state index is 0.569. The highest BCUT2D eigenvalue weighted by Crippen LogP contribution is 2.44. The Balaban J connectivity index is 0.000000100. The van der Waals surface area contributed by atoms with Crippen LogP contribution in [-0.4, -0.2) is 53.6 Å². The fraction of sp³-hybridized carbons (Fsp3) is 0. The van der Waals surface area contributed by atoms with E-state index in [1.165, 1.54) is 63.9 Å². The van der Waals surface area contributed by atoms with Crippen LogP contribution in [0.2, 0.25) is 0 Å². The molecule has 25 rings (SSSR count). The summed E-state index contributed by atoms with van der Waals surface area (Å²) in [7, 11) is 0. The molecule has 0 atom stereocenters. The lowest BCUT2D eigenvalue weighted by Gasteiger charge is -2.10. The molecule has 0 radical (unpaired) electrons. The molecule has 0 unspecified atom stereocenters. The minimum Gasteiger partial charge on any atom is -0.437 e. The molecule has 0 N–H and O–H groups in total. The number of furan rings is 2. The van der Waals surface area contributed by atoms with Gasteiger partial charge in [0.2, 0.25) is 29.3 Å². The molecular formula is C98H57N11O2S. The van der Waals surface area contributed by atoms with Crippen LogP contribution in [0.4, 0.5) is 0 Å². The molecule has 0 aliphatic rings. The van der Waals surface area contributed by atoms with Crippen molar-refractivity contribution in [1.82, 2.24) is 53.6 Å². The zero-order chi connectivity index (χ0) is 73.5. The van der Waals surface area contributed by atoms with Crippen LogP contribution in [0.25, 0.3) is 225 Å². The quantitative estimate of drug-likeness (QED) is 0.158. The molecular weight excluding hydrogens is 1400 g/mol. The Hall–Kier alpha value is -15.1. The highest BCUT2D eigenvalue weighted by Gasteiger charge is 2.26. The van der Waals surface area contributed by atoms with Gasteiger partial charge in [0.1, 0.15) is 21.7 Å². The molecule has 11 aromatic heterocycles. The zero-order valence-electron chi connectivity index (χ0n) is 59.6. The molecule has 13 nitrogen and oxygen atoms in total. The Morgan fingerprint density at radius 2 is 0.661 bits per heavy atom. The maximum absolute atomic E-state index is 6.36. The summed E-state index contributed by atoms with van der Waals surface area (Å²) in [4.78, 5) is 41.1. The van der Waals surface area contributed by atoms with Gasteiger partial charge in [0.25, 0.3) is 0 Å². The maximum Gasteiger partial charge on any atom is 0.238 e. The molecule has 11 heterocycles. The SMILES string of the molecule is c1ccc(-c2nc(-n3c4ccccc4c4cc5ccccc5cc43)nc3oc4ccccc4c23)cc1.c1ccc(-c2nc(-n3c4ccccc4c4cc5ccccc5cc43)nc3sc4ccccc4c23)nc1.c1ccc2cc3c(cc2c1)c1ccccc1n3-c1nc(-c2ccc3ncccc3c2)c2c(n1)oc1ccccc12. The van der Waals surface area contributed by atoms with Crippen molar-refractivity contribution in [2.45, 2.75) is 0 Å². The summed E-state index contributed by atoms with van der Waals surface area (Å²) >= 11 is 1.70. The van der Waals surface area contributed by atoms with Crippen molar-refractivity contribution in [3.8, 4) is 51.7 Å². The summed E-state index contributed by atoms with van der Waals surface area (Å²) in [6.45, 7) is 0. The minimum absolute atomic E-state index is 0.569. The third-order valence-corrected chi connectivity index (χ3v) is 22.8. The van der Waals surface area contributed by atoms with Crippen molar-refractivity contribution >= 4 is 184 Å². The molecule has 0 fully saturated rings. The van der Waals surface area contributed by atoms with Gasteiger partial charge < -0.3 is 8.83 Å². The monoisotopic (exact) mass is 1450 g/mol. The van der Waals surface area contributed by atoms with E-state index < -0.39 is 0 Å². The molecule has 0 aliphatic heterocycles. The number of fused-ring (bicyclic) bond motifs is 22. The number of hydrogen-bond acceptors (Lipinski definition) is 11. The number of aromatic nitrogens is 11. The van der Waals surface area contributed by atoms with Gasteiger partial charge in [-0.2, -0.15) is 9.97 Å². The van der Waals surface area contributed by atoms with Gasteiger partial charge in [0, 0.05) is 87.5 Å². The maximum atomic E-state index is 6.36. The summed E-state index contributed by atoms with van der Waals surface area (Å²) in [5.41, 5.74) is 15.6. The van der Waals surface area contributed by atoms with Crippen molar-refractivity contribution in [2.24, 2.45) is 0 Å². The predicted octanol–water partition coefficient (Wildman–Crippen LogP) is 25.3. The number of hydrogen-bond donors (Lipinski definition) is 0. The first-order valence-corrected chi connectivity index (χ1v) is 38.0. The number of pyridine rings is 2. The Morgan fingerprint density at radius 1 is 0.250 bits per heavy atom. The summed E-state index contributed by atoms with van der Waals surface area (Å²) in [5, 5.41) is 21.4. The van der Waals surface area contributed by atoms with Gasteiger partial charge in [0.05, 0.1) is 66.5 Å². The molecule has 0 bridgehead atoms. The Morgan fingerprint density at radius 3 is 1.18 bits per heavy atom. The Kier molecular flexibility index (Phi) is 14.2. The molecule has 112 heavy (non-hydrogen) atoms. The predicted molar refractivity (Wildman–Crippen MR) is 458 cm³/mol. The molecule has 522 valence electrons. The lowest BCUT2D eigenvalue weighted by Crippen LogP contribution is -2.03. The molecule has 14 heteroatoms. The molecule has 25 aromatic rings. The fourth-order valence-electron chi connectivity index (χ4n) is 16.7. The van der Waals surface area contributed by atoms with E-state index in [0.717, 1.165) is 132 Å². The fourth-order valence-corrected chi connectivity index (χ4v) is 17.7. The van der Waals surface area contributed by atoms with Crippen LogP contribution in [0.15, 0.2) is 355 Å². The van der Waals surface area contributed by atoms with Crippen LogP contribution < -0.4 is 0 Å². The van der Waals surface area contributed by atoms with E-state index in [-0.39, 0.29) is 0 Å². The van der Waals surface area contributed by atoms with Crippen molar-refractivity contribution < 1.29 is 8.83 Å². The standard InChI is InChI=1S/C35H20N4O.C32H19N3O.C31H18N4S/c1-2-9-22-20-30-27(19-21(22)8-1)25-11-3-5-13-29(25)39(30)35-37-33(24-15-16-28-23(18-24)10-7-17-36-28)32-26-12-4-6-14-31(26)40-34(32)38-35;1-2-10-20(11-3-1)30-29-24-15-7-9-17-28(24)36-31(29)34-32(33-30)35-26-16-8-6-14-23(26)25-18-21-12-4-5-13-22(21)19-27(25)35;1-2-10-20-18-26-23(17-19(20)9-1)21-11-3-5-14-25(21)35(26)31-33-29(24-13-7-8-16-32-24)28-22-12-4-6-15-27(22)36-30(28)34-31/h1-20H;1-19H;1-18H. The molecule has 14 aromatic carbocycles. The van der Waals surface area contributed by atoms with E-state index in [9.17, 15) is 0 Å². The van der Waals surface area contributed by atoms with Crippen LogP contribution in [-0.2, 0) is 0 Å². The summed E-state index contributed by atoms with van der Waals surface area (Å²) in [6, 6.07) is 116. The first kappa shape index (κ1) is 63.0. The number of rotatable bonds is 6. The topological polar surface area (TPSA) is 144 Å². The highest BCUT2D eigenvalue weighted by atomic mass is 32.1. The number of benzene rings is 14. The number of nitrogens with zero attached hydrogens (tertiary/aromatic N) is 11. The van der Waals surface area contributed by atoms with Crippen LogP contribution in [0.3, 0.4) is 0 Å². The van der Waals surface area contributed by atoms with Crippen LogP contribution >= 0.6 is 11.3 Å². The van der Waals surface area contributed by atoms with Gasteiger partial charge in [-0.05, 0) is 135 Å². The van der Waals surface area contributed by atoms with Crippen molar-refractivity contribution in [1.29, 1.82) is 0 Å². The highest BCUT2D eigenvalue weighted by molar-refractivity contribution is 7.25. The molecule has 0 aliphatic carbocycles. The lowest BCUT2D eigenvalue weighted by molar-refractivity contribution is 0.651. The van der Waals surface area contributed by atoms with E-state index in [4.69, 9.17) is 38.7 Å². The van der Waals surface area contributed by atoms with Gasteiger partial charge in [-0.25, -0.2) is 19.9 Å². The normalized spacial score (nSPS) is 11.9. The summed E-state index contributed by atoms with van der Waals surface area (Å²) < 4.78 is 20.4. The van der Waals surface area contributed by atoms with Gasteiger partial charge >= 0.3 is 0 Å². The second kappa shape index (κ2) is 25.3. The van der Waals surface area contributed by atoms with Gasteiger partial charge in [-0.1, -0.05) is 231 Å². The van der Waals surface area contributed by atoms with Crippen LogP contribution in [0.1, 0.15) is 0 Å². The van der Waals surface area contributed by atoms with E-state index in [2.05, 4.69) is 272 Å². The van der Waals surface area contributed by atoms with E-state index in [1.807, 2.05) is 97.3 Å². The third kappa shape index (κ3) is 10.1. The van der Waals surface area contributed by atoms with Crippen LogP contribution in [0.5, 0.6) is 0 Å². The summed E-state index contributed by atoms with van der Waals surface area (Å²) in [5.74, 6) is 1.84. The Labute approximate surface area is 640 Å². The van der Waals surface area contributed by atoms with E-state index >= 15 is 0 Å². The largest absolute Gasteiger partial charge is 0.437 e. The zero-order valence-corrected chi connectivity index (χ0v) is 60.4. The van der Waals surface area contributed by atoms with E-state index in [1.54, 1.807) is 11.3 Å². The van der Waals surface area contributed by atoms with Crippen LogP contribution in [0, 0.1) is 0 Å². The smallest absolute Gasteiger partial charge is 0.238 e. The van der Waals surface area contributed by atoms with Gasteiger partial charge in [-0.15, -0.1) is 11.3 Å². The average Bonchev–Trinajstić information content (AvgIpc) is 1.57. The first-order chi connectivity index (χ1) is 55.5. The van der Waals surface area contributed by atoms with Crippen molar-refractivity contribution in [2.75, 3.05) is 0 Å². The Bertz CT molecular complexity index is 7870. The molecule has 0 saturated carbocycles. The second-order valence-electron chi connectivity index (χ2n) is 28.2. The van der Waals surface area contributed by atoms with Gasteiger partial charge in [0.15, 0.2) is 0 Å². The first-order valence-electron chi connectivity index (χ1n) is 37.2. The average molecular weight is 1450 g/mol. The third-order valence-electron chi connectivity index (χ3n) is 21.7. The molecule has 0 amide bonds. The lowest BCUT2D eigenvalue weighted by atomic mass is 10.0. The number of para-hydroxylation sites is 5. The van der Waals surface area contributed by atoms with E-state index in [0.29, 0.717) is 29.3 Å². The second-order valence-corrected chi connectivity index (χ2v) is 29.2. The van der Waals surface area contributed by atoms with Gasteiger partial charge in [-0.3, -0.25) is 23.7 Å².